The number of ether oxygens (including phenoxy) is 1. The molecule has 1 saturated carbocycles. The lowest BCUT2D eigenvalue weighted by Gasteiger charge is -2.56. The van der Waals surface area contributed by atoms with E-state index < -0.39 is 12.1 Å². The predicted octanol–water partition coefficient (Wildman–Crippen LogP) is -1.37. The number of aliphatic hydroxyl groups is 2. The largest absolute Gasteiger partial charge is 0.394 e. The van der Waals surface area contributed by atoms with Gasteiger partial charge in [-0.05, 0) is 12.8 Å². The lowest BCUT2D eigenvalue weighted by atomic mass is 9.58. The van der Waals surface area contributed by atoms with Gasteiger partial charge in [-0.15, -0.1) is 0 Å². The van der Waals surface area contributed by atoms with Crippen molar-refractivity contribution in [3.63, 3.8) is 0 Å². The van der Waals surface area contributed by atoms with E-state index in [9.17, 15) is 19.5 Å². The van der Waals surface area contributed by atoms with Gasteiger partial charge < -0.3 is 24.7 Å². The van der Waals surface area contributed by atoms with Crippen molar-refractivity contribution in [2.24, 2.45) is 5.41 Å². The summed E-state index contributed by atoms with van der Waals surface area (Å²) in [6, 6.07) is -0.446. The summed E-state index contributed by atoms with van der Waals surface area (Å²) >= 11 is 0. The summed E-state index contributed by atoms with van der Waals surface area (Å²) < 4.78 is 5.62. The van der Waals surface area contributed by atoms with Crippen LogP contribution in [0.25, 0.3) is 0 Å². The second-order valence-electron chi connectivity index (χ2n) is 7.07. The molecule has 0 aromatic rings. The van der Waals surface area contributed by atoms with E-state index in [0.717, 1.165) is 4.90 Å². The number of likely N-dealkylation sites (tertiary alicyclic amines) is 1. The molecule has 2 heterocycles. The summed E-state index contributed by atoms with van der Waals surface area (Å²) in [5.74, 6) is -0.616. The fraction of sp³-hybridized carbons (Fsp3) is 0.812. The predicted molar refractivity (Wildman–Crippen MR) is 85.4 cm³/mol. The number of likely N-dealkylation sites (N-methyl/N-ethyl adjacent to an activating group) is 1. The van der Waals surface area contributed by atoms with Crippen molar-refractivity contribution in [2.45, 2.75) is 31.5 Å². The second kappa shape index (κ2) is 6.89. The summed E-state index contributed by atoms with van der Waals surface area (Å²) in [6.45, 7) is 0.878. The van der Waals surface area contributed by atoms with Crippen LogP contribution in [0.5, 0.6) is 0 Å². The first-order chi connectivity index (χ1) is 11.9. The lowest BCUT2D eigenvalue weighted by Crippen LogP contribution is -2.63. The Balaban J connectivity index is 1.54. The summed E-state index contributed by atoms with van der Waals surface area (Å²) in [4.78, 5) is 40.0. The van der Waals surface area contributed by atoms with E-state index in [1.807, 2.05) is 0 Å². The molecule has 0 bridgehead atoms. The summed E-state index contributed by atoms with van der Waals surface area (Å²) in [5, 5.41) is 19.1. The normalized spacial score (nSPS) is 28.7. The van der Waals surface area contributed by atoms with Gasteiger partial charge in [-0.3, -0.25) is 14.5 Å². The molecular formula is C16H25N3O6. The Morgan fingerprint density at radius 1 is 1.32 bits per heavy atom. The molecule has 140 valence electrons. The lowest BCUT2D eigenvalue weighted by molar-refractivity contribution is -0.213. The van der Waals surface area contributed by atoms with Crippen LogP contribution < -0.4 is 0 Å². The van der Waals surface area contributed by atoms with Gasteiger partial charge in [0.25, 0.3) is 5.91 Å². The van der Waals surface area contributed by atoms with Gasteiger partial charge in [0.2, 0.25) is 5.91 Å². The first-order valence-corrected chi connectivity index (χ1v) is 8.63. The highest BCUT2D eigenvalue weighted by molar-refractivity contribution is 6.04. The molecule has 0 aromatic carbocycles. The van der Waals surface area contributed by atoms with Gasteiger partial charge in [-0.2, -0.15) is 0 Å². The first-order valence-electron chi connectivity index (χ1n) is 8.63. The average molecular weight is 355 g/mol. The zero-order valence-electron chi connectivity index (χ0n) is 14.4. The van der Waals surface area contributed by atoms with Crippen LogP contribution in [0.4, 0.5) is 4.79 Å². The van der Waals surface area contributed by atoms with E-state index in [4.69, 9.17) is 9.84 Å². The van der Waals surface area contributed by atoms with Gasteiger partial charge in [0.1, 0.15) is 13.1 Å². The van der Waals surface area contributed by atoms with E-state index >= 15 is 0 Å². The topological polar surface area (TPSA) is 111 Å². The molecule has 3 aliphatic rings. The van der Waals surface area contributed by atoms with Crippen molar-refractivity contribution in [3.8, 4) is 0 Å². The molecule has 2 N–H and O–H groups in total. The van der Waals surface area contributed by atoms with Gasteiger partial charge in [0.15, 0.2) is 0 Å². The molecule has 3 rings (SSSR count). The fourth-order valence-corrected chi connectivity index (χ4v) is 4.04. The molecule has 1 aliphatic carbocycles. The van der Waals surface area contributed by atoms with Crippen LogP contribution in [0.3, 0.4) is 0 Å². The Bertz CT molecular complexity index is 560. The maximum atomic E-state index is 12.4. The number of carbonyl (C=O) groups excluding carboxylic acids is 3. The monoisotopic (exact) mass is 355 g/mol. The number of piperidine rings is 1. The van der Waals surface area contributed by atoms with E-state index in [1.165, 1.54) is 11.9 Å². The molecule has 25 heavy (non-hydrogen) atoms. The van der Waals surface area contributed by atoms with E-state index in [1.54, 1.807) is 4.90 Å². The quantitative estimate of drug-likeness (QED) is 0.589. The number of imide groups is 1. The Morgan fingerprint density at radius 2 is 2.00 bits per heavy atom. The van der Waals surface area contributed by atoms with Crippen LogP contribution in [-0.2, 0) is 14.3 Å². The van der Waals surface area contributed by atoms with Crippen molar-refractivity contribution < 1.29 is 29.3 Å². The Hall–Kier alpha value is -1.71. The third-order valence-electron chi connectivity index (χ3n) is 5.72. The highest BCUT2D eigenvalue weighted by Crippen LogP contribution is 2.50. The second-order valence-corrected chi connectivity index (χ2v) is 7.07. The zero-order valence-corrected chi connectivity index (χ0v) is 14.4. The molecule has 2 saturated heterocycles. The molecule has 9 heteroatoms. The highest BCUT2D eigenvalue weighted by atomic mass is 16.5. The smallest absolute Gasteiger partial charge is 0.327 e. The molecule has 0 aromatic heterocycles. The molecule has 1 spiro atoms. The number of nitrogens with zero attached hydrogens (tertiary/aromatic N) is 3. The number of hydrogen-bond donors (Lipinski definition) is 2. The van der Waals surface area contributed by atoms with E-state index in [0.29, 0.717) is 32.4 Å². The number of rotatable bonds is 5. The third-order valence-corrected chi connectivity index (χ3v) is 5.72. The highest BCUT2D eigenvalue weighted by Gasteiger charge is 2.56. The number of hydrogen-bond acceptors (Lipinski definition) is 6. The van der Waals surface area contributed by atoms with Crippen molar-refractivity contribution in [1.82, 2.24) is 14.7 Å². The maximum absolute atomic E-state index is 12.4. The van der Waals surface area contributed by atoms with Crippen LogP contribution in [0, 0.1) is 5.41 Å². The molecule has 3 fully saturated rings. The standard InChI is InChI=1S/C16H25N3O6/c1-17-9-14(23)19(15(17)24)10-13(22)18-4-2-16(3-5-18)11(21)8-12(16)25-7-6-20/h11-12,20-21H,2-10H2,1H3/t11-,12+/m1/s1. The average Bonchev–Trinajstić information content (AvgIpc) is 2.84. The maximum Gasteiger partial charge on any atom is 0.327 e. The Labute approximate surface area is 146 Å². The van der Waals surface area contributed by atoms with Crippen molar-refractivity contribution >= 4 is 17.8 Å². The van der Waals surface area contributed by atoms with Crippen LogP contribution in [0.15, 0.2) is 0 Å². The Kier molecular flexibility index (Phi) is 4.99. The molecule has 0 radical (unpaired) electrons. The number of aliphatic hydroxyl groups excluding tert-OH is 2. The summed E-state index contributed by atoms with van der Waals surface area (Å²) in [7, 11) is 1.53. The zero-order chi connectivity index (χ0) is 18.2. The molecule has 4 amide bonds. The molecular weight excluding hydrogens is 330 g/mol. The summed E-state index contributed by atoms with van der Waals surface area (Å²) in [5.41, 5.74) is -0.356. The fourth-order valence-electron chi connectivity index (χ4n) is 4.04. The minimum Gasteiger partial charge on any atom is -0.394 e. The van der Waals surface area contributed by atoms with Crippen LogP contribution in [0.1, 0.15) is 19.3 Å². The number of urea groups is 1. The molecule has 2 atom stereocenters. The van der Waals surface area contributed by atoms with Crippen molar-refractivity contribution in [2.75, 3.05) is 46.4 Å². The Morgan fingerprint density at radius 3 is 2.52 bits per heavy atom. The van der Waals surface area contributed by atoms with Crippen molar-refractivity contribution in [3.05, 3.63) is 0 Å². The molecule has 2 aliphatic heterocycles. The van der Waals surface area contributed by atoms with Crippen LogP contribution >= 0.6 is 0 Å². The van der Waals surface area contributed by atoms with Gasteiger partial charge in [-0.1, -0.05) is 0 Å². The van der Waals surface area contributed by atoms with Gasteiger partial charge in [-0.25, -0.2) is 4.79 Å². The summed E-state index contributed by atoms with van der Waals surface area (Å²) in [6.07, 6.45) is 1.22. The number of carbonyl (C=O) groups is 3. The molecule has 0 unspecified atom stereocenters. The van der Waals surface area contributed by atoms with E-state index in [-0.39, 0.29) is 49.6 Å². The SMILES string of the molecule is CN1CC(=O)N(CC(=O)N2CCC3(CC2)[C@H](O)C[C@@H]3OCCO)C1=O. The van der Waals surface area contributed by atoms with E-state index in [2.05, 4.69) is 0 Å². The van der Waals surface area contributed by atoms with Gasteiger partial charge >= 0.3 is 6.03 Å². The minimum absolute atomic E-state index is 0.00525. The molecule has 9 nitrogen and oxygen atoms in total. The van der Waals surface area contributed by atoms with Crippen molar-refractivity contribution in [1.29, 1.82) is 0 Å². The van der Waals surface area contributed by atoms with Crippen LogP contribution in [0.2, 0.25) is 0 Å². The van der Waals surface area contributed by atoms with Gasteiger partial charge in [0, 0.05) is 32.0 Å². The van der Waals surface area contributed by atoms with Crippen LogP contribution in [-0.4, -0.2) is 101 Å². The minimum atomic E-state index is -0.455. The van der Waals surface area contributed by atoms with Gasteiger partial charge in [0.05, 0.1) is 25.4 Å². The first kappa shape index (κ1) is 18.1. The third kappa shape index (κ3) is 3.11. The number of amides is 4.